The van der Waals surface area contributed by atoms with Gasteiger partial charge in [-0.2, -0.15) is 0 Å². The number of alkyl carbamates (subject to hydrolysis) is 1. The normalized spacial score (nSPS) is 13.0. The number of hydrogen-bond donors (Lipinski definition) is 3. The summed E-state index contributed by atoms with van der Waals surface area (Å²) in [4.78, 5) is 34.7. The Labute approximate surface area is 193 Å². The molecule has 3 rings (SSSR count). The van der Waals surface area contributed by atoms with Gasteiger partial charge in [0, 0.05) is 24.9 Å². The fourth-order valence-electron chi connectivity index (χ4n) is 3.95. The van der Waals surface area contributed by atoms with E-state index in [1.165, 1.54) is 11.1 Å². The molecule has 0 aliphatic heterocycles. The van der Waals surface area contributed by atoms with Gasteiger partial charge in [-0.25, -0.2) is 4.79 Å². The van der Waals surface area contributed by atoms with Gasteiger partial charge in [0.15, 0.2) is 0 Å². The van der Waals surface area contributed by atoms with E-state index in [2.05, 4.69) is 34.9 Å². The van der Waals surface area contributed by atoms with Crippen LogP contribution in [0.5, 0.6) is 0 Å². The smallest absolute Gasteiger partial charge is 0.407 e. The fraction of sp³-hybridized carbons (Fsp3) is 0.400. The fourth-order valence-corrected chi connectivity index (χ4v) is 3.95. The first kappa shape index (κ1) is 24.3. The summed E-state index contributed by atoms with van der Waals surface area (Å²) < 4.78 is 10.8. The first-order chi connectivity index (χ1) is 16.0. The average Bonchev–Trinajstić information content (AvgIpc) is 3.13. The van der Waals surface area contributed by atoms with Gasteiger partial charge in [0.1, 0.15) is 6.61 Å². The van der Waals surface area contributed by atoms with Crippen LogP contribution in [0.1, 0.15) is 43.2 Å². The maximum Gasteiger partial charge on any atom is 0.407 e. The SMILES string of the molecule is CCC(CC(=O)O)NC(=O)CCOCCNC(=O)OCC1c2ccccc2-c2ccccc21. The summed E-state index contributed by atoms with van der Waals surface area (Å²) in [5.41, 5.74) is 4.66. The Hall–Kier alpha value is -3.39. The first-order valence-electron chi connectivity index (χ1n) is 11.2. The van der Waals surface area contributed by atoms with Gasteiger partial charge in [0.05, 0.1) is 19.6 Å². The summed E-state index contributed by atoms with van der Waals surface area (Å²) >= 11 is 0. The third-order valence-corrected chi connectivity index (χ3v) is 5.61. The molecule has 1 atom stereocenters. The lowest BCUT2D eigenvalue weighted by Gasteiger charge is -2.15. The zero-order valence-corrected chi connectivity index (χ0v) is 18.7. The summed E-state index contributed by atoms with van der Waals surface area (Å²) in [7, 11) is 0. The highest BCUT2D eigenvalue weighted by atomic mass is 16.5. The average molecular weight is 455 g/mol. The number of carbonyl (C=O) groups is 3. The van der Waals surface area contributed by atoms with Crippen LogP contribution in [0.3, 0.4) is 0 Å². The van der Waals surface area contributed by atoms with Crippen molar-refractivity contribution in [3.8, 4) is 11.1 Å². The largest absolute Gasteiger partial charge is 0.481 e. The van der Waals surface area contributed by atoms with E-state index in [9.17, 15) is 14.4 Å². The highest BCUT2D eigenvalue weighted by molar-refractivity contribution is 5.79. The number of hydrogen-bond acceptors (Lipinski definition) is 5. The van der Waals surface area contributed by atoms with Crippen LogP contribution < -0.4 is 10.6 Å². The quantitative estimate of drug-likeness (QED) is 0.424. The summed E-state index contributed by atoms with van der Waals surface area (Å²) in [6.45, 7) is 2.75. The molecular formula is C25H30N2O6. The molecule has 2 aromatic rings. The van der Waals surface area contributed by atoms with Crippen molar-refractivity contribution in [3.63, 3.8) is 0 Å². The number of nitrogens with one attached hydrogen (secondary N) is 2. The maximum absolute atomic E-state index is 12.1. The summed E-state index contributed by atoms with van der Waals surface area (Å²) in [6, 6.07) is 15.9. The van der Waals surface area contributed by atoms with Gasteiger partial charge in [-0.05, 0) is 28.7 Å². The second kappa shape index (κ2) is 12.0. The van der Waals surface area contributed by atoms with E-state index >= 15 is 0 Å². The lowest BCUT2D eigenvalue weighted by molar-refractivity contribution is -0.137. The molecule has 176 valence electrons. The number of carboxylic acids is 1. The van der Waals surface area contributed by atoms with Crippen LogP contribution in [0.25, 0.3) is 11.1 Å². The maximum atomic E-state index is 12.1. The molecule has 0 saturated heterocycles. The molecule has 2 amide bonds. The number of carbonyl (C=O) groups excluding carboxylic acids is 2. The number of ether oxygens (including phenoxy) is 2. The molecular weight excluding hydrogens is 424 g/mol. The molecule has 1 aliphatic carbocycles. The van der Waals surface area contributed by atoms with E-state index in [4.69, 9.17) is 14.6 Å². The molecule has 0 aromatic heterocycles. The number of fused-ring (bicyclic) bond motifs is 3. The molecule has 1 unspecified atom stereocenters. The molecule has 0 fully saturated rings. The van der Waals surface area contributed by atoms with Crippen molar-refractivity contribution in [3.05, 3.63) is 59.7 Å². The van der Waals surface area contributed by atoms with E-state index < -0.39 is 12.1 Å². The van der Waals surface area contributed by atoms with Gasteiger partial charge in [0.25, 0.3) is 0 Å². The van der Waals surface area contributed by atoms with Crippen molar-refractivity contribution in [1.82, 2.24) is 10.6 Å². The van der Waals surface area contributed by atoms with Crippen LogP contribution in [0.2, 0.25) is 0 Å². The first-order valence-corrected chi connectivity index (χ1v) is 11.2. The van der Waals surface area contributed by atoms with Crippen molar-refractivity contribution in [2.45, 2.75) is 38.1 Å². The Bertz CT molecular complexity index is 931. The van der Waals surface area contributed by atoms with Gasteiger partial charge in [-0.1, -0.05) is 55.5 Å². The summed E-state index contributed by atoms with van der Waals surface area (Å²) in [6.07, 6.45) is 0.0506. The molecule has 1 aliphatic rings. The van der Waals surface area contributed by atoms with E-state index in [1.807, 2.05) is 31.2 Å². The van der Waals surface area contributed by atoms with Crippen molar-refractivity contribution in [1.29, 1.82) is 0 Å². The molecule has 2 aromatic carbocycles. The van der Waals surface area contributed by atoms with Crippen molar-refractivity contribution in [2.75, 3.05) is 26.4 Å². The number of amides is 2. The second-order valence-electron chi connectivity index (χ2n) is 7.89. The topological polar surface area (TPSA) is 114 Å². The standard InChI is InChI=1S/C25H30N2O6/c1-2-17(15-24(29)30)27-23(28)11-13-32-14-12-26-25(31)33-16-22-20-9-5-3-7-18(20)19-8-4-6-10-21(19)22/h3-10,17,22H,2,11-16H2,1H3,(H,26,31)(H,27,28)(H,29,30). The third-order valence-electron chi connectivity index (χ3n) is 5.61. The van der Waals surface area contributed by atoms with Gasteiger partial charge in [-0.3, -0.25) is 9.59 Å². The molecule has 0 bridgehead atoms. The molecule has 0 saturated carbocycles. The Morgan fingerprint density at radius 2 is 1.64 bits per heavy atom. The third kappa shape index (κ3) is 6.79. The van der Waals surface area contributed by atoms with Crippen molar-refractivity contribution in [2.24, 2.45) is 0 Å². The van der Waals surface area contributed by atoms with Gasteiger partial charge >= 0.3 is 12.1 Å². The van der Waals surface area contributed by atoms with E-state index in [0.29, 0.717) is 6.42 Å². The zero-order valence-electron chi connectivity index (χ0n) is 18.7. The zero-order chi connectivity index (χ0) is 23.6. The molecule has 8 nitrogen and oxygen atoms in total. The number of carboxylic acid groups (broad SMARTS) is 1. The Kier molecular flexibility index (Phi) is 8.83. The van der Waals surface area contributed by atoms with Gasteiger partial charge in [0.2, 0.25) is 5.91 Å². The van der Waals surface area contributed by atoms with E-state index in [0.717, 1.165) is 11.1 Å². The molecule has 0 radical (unpaired) electrons. The molecule has 0 heterocycles. The highest BCUT2D eigenvalue weighted by Gasteiger charge is 2.28. The lowest BCUT2D eigenvalue weighted by Crippen LogP contribution is -2.36. The summed E-state index contributed by atoms with van der Waals surface area (Å²) in [5.74, 6) is -1.20. The number of benzene rings is 2. The van der Waals surface area contributed by atoms with Crippen molar-refractivity contribution >= 4 is 18.0 Å². The van der Waals surface area contributed by atoms with E-state index in [-0.39, 0.29) is 57.1 Å². The lowest BCUT2D eigenvalue weighted by atomic mass is 9.98. The van der Waals surface area contributed by atoms with Crippen molar-refractivity contribution < 1.29 is 29.0 Å². The minimum Gasteiger partial charge on any atom is -0.481 e. The van der Waals surface area contributed by atoms with Gasteiger partial charge < -0.3 is 25.2 Å². The number of aliphatic carboxylic acids is 1. The summed E-state index contributed by atoms with van der Waals surface area (Å²) in [5, 5.41) is 14.1. The van der Waals surface area contributed by atoms with Crippen LogP contribution in [0, 0.1) is 0 Å². The molecule has 33 heavy (non-hydrogen) atoms. The minimum atomic E-state index is -0.947. The van der Waals surface area contributed by atoms with Crippen LogP contribution in [-0.2, 0) is 19.1 Å². The Balaban J connectivity index is 1.33. The van der Waals surface area contributed by atoms with E-state index in [1.54, 1.807) is 0 Å². The Morgan fingerprint density at radius 3 is 2.24 bits per heavy atom. The number of rotatable bonds is 12. The molecule has 3 N–H and O–H groups in total. The molecule has 8 heteroatoms. The minimum absolute atomic E-state index is 0.00554. The Morgan fingerprint density at radius 1 is 1.00 bits per heavy atom. The second-order valence-corrected chi connectivity index (χ2v) is 7.89. The van der Waals surface area contributed by atoms with Gasteiger partial charge in [-0.15, -0.1) is 0 Å². The van der Waals surface area contributed by atoms with Crippen LogP contribution in [-0.4, -0.2) is 55.5 Å². The van der Waals surface area contributed by atoms with Crippen LogP contribution in [0.15, 0.2) is 48.5 Å². The predicted molar refractivity (Wildman–Crippen MR) is 123 cm³/mol. The predicted octanol–water partition coefficient (Wildman–Crippen LogP) is 3.30. The highest BCUT2D eigenvalue weighted by Crippen LogP contribution is 2.44. The molecule has 0 spiro atoms. The van der Waals surface area contributed by atoms with Crippen LogP contribution >= 0.6 is 0 Å². The monoisotopic (exact) mass is 454 g/mol. The van der Waals surface area contributed by atoms with Crippen LogP contribution in [0.4, 0.5) is 4.79 Å².